The molecular formula is C10H10ClFO2. The van der Waals surface area contributed by atoms with Crippen LogP contribution in [0.4, 0.5) is 4.39 Å². The van der Waals surface area contributed by atoms with E-state index in [0.717, 1.165) is 6.07 Å². The van der Waals surface area contributed by atoms with Gasteiger partial charge in [-0.1, -0.05) is 18.5 Å². The van der Waals surface area contributed by atoms with E-state index in [1.807, 2.05) is 6.92 Å². The average Bonchev–Trinajstić information content (AvgIpc) is 2.12. The standard InChI is InChI=1S/C10H10ClFO2/c1-2-3-10(13)14-7-4-5-9(12)8(11)6-7/h4-6H,2-3H2,1H3. The van der Waals surface area contributed by atoms with Gasteiger partial charge >= 0.3 is 5.97 Å². The summed E-state index contributed by atoms with van der Waals surface area (Å²) in [5.41, 5.74) is 0. The Morgan fingerprint density at radius 3 is 2.86 bits per heavy atom. The summed E-state index contributed by atoms with van der Waals surface area (Å²) in [7, 11) is 0. The van der Waals surface area contributed by atoms with Crippen LogP contribution in [0, 0.1) is 5.82 Å². The fraction of sp³-hybridized carbons (Fsp3) is 0.300. The summed E-state index contributed by atoms with van der Waals surface area (Å²) in [6, 6.07) is 3.82. The Morgan fingerprint density at radius 1 is 1.57 bits per heavy atom. The quantitative estimate of drug-likeness (QED) is 0.573. The Morgan fingerprint density at radius 2 is 2.29 bits per heavy atom. The molecule has 0 aliphatic heterocycles. The molecule has 0 atom stereocenters. The summed E-state index contributed by atoms with van der Waals surface area (Å²) in [4.78, 5) is 11.0. The zero-order valence-electron chi connectivity index (χ0n) is 7.72. The van der Waals surface area contributed by atoms with Gasteiger partial charge in [0.1, 0.15) is 11.6 Å². The molecule has 0 fully saturated rings. The predicted molar refractivity (Wildman–Crippen MR) is 52.0 cm³/mol. The molecule has 0 saturated heterocycles. The van der Waals surface area contributed by atoms with Gasteiger partial charge in [0.05, 0.1) is 5.02 Å². The molecule has 1 aromatic rings. The van der Waals surface area contributed by atoms with Gasteiger partial charge in [-0.25, -0.2) is 4.39 Å². The molecule has 0 spiro atoms. The lowest BCUT2D eigenvalue weighted by Crippen LogP contribution is -2.06. The Bertz CT molecular complexity index is 339. The summed E-state index contributed by atoms with van der Waals surface area (Å²) in [5.74, 6) is -0.591. The number of ether oxygens (including phenoxy) is 1. The van der Waals surface area contributed by atoms with Crippen LogP contribution in [0.25, 0.3) is 0 Å². The van der Waals surface area contributed by atoms with Crippen LogP contribution < -0.4 is 4.74 Å². The van der Waals surface area contributed by atoms with E-state index in [1.165, 1.54) is 12.1 Å². The Kier molecular flexibility index (Phi) is 3.89. The summed E-state index contributed by atoms with van der Waals surface area (Å²) < 4.78 is 17.6. The van der Waals surface area contributed by atoms with Crippen molar-refractivity contribution in [2.24, 2.45) is 0 Å². The summed E-state index contributed by atoms with van der Waals surface area (Å²) in [5, 5.41) is -0.0493. The molecule has 0 radical (unpaired) electrons. The molecule has 0 N–H and O–H groups in total. The van der Waals surface area contributed by atoms with Crippen LogP contribution in [0.3, 0.4) is 0 Å². The maximum Gasteiger partial charge on any atom is 0.311 e. The number of benzene rings is 1. The first-order valence-corrected chi connectivity index (χ1v) is 4.67. The zero-order valence-corrected chi connectivity index (χ0v) is 8.47. The first kappa shape index (κ1) is 11.0. The minimum absolute atomic E-state index is 0.0493. The maximum atomic E-state index is 12.7. The van der Waals surface area contributed by atoms with Crippen molar-refractivity contribution in [3.8, 4) is 5.75 Å². The van der Waals surface area contributed by atoms with Crippen molar-refractivity contribution in [1.29, 1.82) is 0 Å². The highest BCUT2D eigenvalue weighted by molar-refractivity contribution is 6.30. The van der Waals surface area contributed by atoms with Gasteiger partial charge in [-0.2, -0.15) is 0 Å². The number of hydrogen-bond donors (Lipinski definition) is 0. The molecule has 4 heteroatoms. The van der Waals surface area contributed by atoms with E-state index >= 15 is 0 Å². The molecular weight excluding hydrogens is 207 g/mol. The SMILES string of the molecule is CCCC(=O)Oc1ccc(F)c(Cl)c1. The lowest BCUT2D eigenvalue weighted by atomic mass is 10.3. The lowest BCUT2D eigenvalue weighted by molar-refractivity contribution is -0.134. The van der Waals surface area contributed by atoms with E-state index in [0.29, 0.717) is 12.8 Å². The Hall–Kier alpha value is -1.09. The van der Waals surface area contributed by atoms with Crippen LogP contribution in [0.2, 0.25) is 5.02 Å². The third-order valence-electron chi connectivity index (χ3n) is 1.58. The Labute approximate surface area is 86.6 Å². The molecule has 0 unspecified atom stereocenters. The molecule has 76 valence electrons. The van der Waals surface area contributed by atoms with Crippen molar-refractivity contribution in [1.82, 2.24) is 0 Å². The monoisotopic (exact) mass is 216 g/mol. The van der Waals surface area contributed by atoms with Crippen molar-refractivity contribution in [3.63, 3.8) is 0 Å². The highest BCUT2D eigenvalue weighted by Gasteiger charge is 2.05. The van der Waals surface area contributed by atoms with Crippen LogP contribution in [0.5, 0.6) is 5.75 Å². The molecule has 1 aromatic carbocycles. The zero-order chi connectivity index (χ0) is 10.6. The molecule has 0 amide bonds. The van der Waals surface area contributed by atoms with Gasteiger partial charge in [0.2, 0.25) is 0 Å². The lowest BCUT2D eigenvalue weighted by Gasteiger charge is -2.03. The molecule has 0 aliphatic rings. The molecule has 0 heterocycles. The van der Waals surface area contributed by atoms with Gasteiger partial charge in [0.25, 0.3) is 0 Å². The van der Waals surface area contributed by atoms with Gasteiger partial charge in [-0.05, 0) is 18.6 Å². The highest BCUT2D eigenvalue weighted by Crippen LogP contribution is 2.21. The smallest absolute Gasteiger partial charge is 0.311 e. The fourth-order valence-corrected chi connectivity index (χ4v) is 1.10. The second-order valence-corrected chi connectivity index (χ2v) is 3.21. The molecule has 0 bridgehead atoms. The van der Waals surface area contributed by atoms with Gasteiger partial charge < -0.3 is 4.74 Å². The second kappa shape index (κ2) is 4.96. The molecule has 0 aliphatic carbocycles. The average molecular weight is 217 g/mol. The van der Waals surface area contributed by atoms with Crippen molar-refractivity contribution in [2.45, 2.75) is 19.8 Å². The summed E-state index contributed by atoms with van der Waals surface area (Å²) in [6.45, 7) is 1.87. The fourth-order valence-electron chi connectivity index (χ4n) is 0.927. The van der Waals surface area contributed by atoms with Gasteiger partial charge in [0.15, 0.2) is 0 Å². The summed E-state index contributed by atoms with van der Waals surface area (Å²) in [6.07, 6.45) is 1.06. The summed E-state index contributed by atoms with van der Waals surface area (Å²) >= 11 is 5.51. The van der Waals surface area contributed by atoms with E-state index < -0.39 is 5.82 Å². The minimum atomic E-state index is -0.526. The Balaban J connectivity index is 2.68. The second-order valence-electron chi connectivity index (χ2n) is 2.80. The largest absolute Gasteiger partial charge is 0.426 e. The van der Waals surface area contributed by atoms with E-state index in [4.69, 9.17) is 16.3 Å². The van der Waals surface area contributed by atoms with Crippen LogP contribution >= 0.6 is 11.6 Å². The molecule has 1 rings (SSSR count). The number of esters is 1. The third kappa shape index (κ3) is 3.00. The van der Waals surface area contributed by atoms with Crippen molar-refractivity contribution in [3.05, 3.63) is 29.0 Å². The molecule has 0 aromatic heterocycles. The number of rotatable bonds is 3. The third-order valence-corrected chi connectivity index (χ3v) is 1.87. The van der Waals surface area contributed by atoms with E-state index in [-0.39, 0.29) is 16.7 Å². The van der Waals surface area contributed by atoms with Gasteiger partial charge in [-0.15, -0.1) is 0 Å². The van der Waals surface area contributed by atoms with E-state index in [2.05, 4.69) is 0 Å². The molecule has 0 saturated carbocycles. The van der Waals surface area contributed by atoms with E-state index in [1.54, 1.807) is 0 Å². The van der Waals surface area contributed by atoms with Crippen molar-refractivity contribution < 1.29 is 13.9 Å². The number of hydrogen-bond acceptors (Lipinski definition) is 2. The van der Waals surface area contributed by atoms with Crippen LogP contribution in [-0.2, 0) is 4.79 Å². The first-order chi connectivity index (χ1) is 6.63. The van der Waals surface area contributed by atoms with Crippen LogP contribution in [0.1, 0.15) is 19.8 Å². The predicted octanol–water partition coefficient (Wildman–Crippen LogP) is 3.18. The number of carbonyl (C=O) groups excluding carboxylic acids is 1. The van der Waals surface area contributed by atoms with Crippen LogP contribution in [-0.4, -0.2) is 5.97 Å². The first-order valence-electron chi connectivity index (χ1n) is 4.29. The number of carbonyl (C=O) groups is 1. The van der Waals surface area contributed by atoms with Crippen molar-refractivity contribution >= 4 is 17.6 Å². The van der Waals surface area contributed by atoms with Crippen molar-refractivity contribution in [2.75, 3.05) is 0 Å². The van der Waals surface area contributed by atoms with Gasteiger partial charge in [-0.3, -0.25) is 4.79 Å². The minimum Gasteiger partial charge on any atom is -0.426 e. The van der Waals surface area contributed by atoms with E-state index in [9.17, 15) is 9.18 Å². The number of halogens is 2. The molecule has 14 heavy (non-hydrogen) atoms. The van der Waals surface area contributed by atoms with Crippen LogP contribution in [0.15, 0.2) is 18.2 Å². The topological polar surface area (TPSA) is 26.3 Å². The normalized spacial score (nSPS) is 9.93. The molecule has 2 nitrogen and oxygen atoms in total. The van der Waals surface area contributed by atoms with Gasteiger partial charge in [0, 0.05) is 12.5 Å². The maximum absolute atomic E-state index is 12.7. The highest BCUT2D eigenvalue weighted by atomic mass is 35.5.